The zero-order valence-corrected chi connectivity index (χ0v) is 17.8. The van der Waals surface area contributed by atoms with Crippen LogP contribution in [0.4, 0.5) is 13.2 Å². The molecule has 0 bridgehead atoms. The van der Waals surface area contributed by atoms with Crippen LogP contribution in [0, 0.1) is 17.5 Å². The first-order chi connectivity index (χ1) is 15.7. The maximum atomic E-state index is 14.6. The average Bonchev–Trinajstić information content (AvgIpc) is 3.21. The third-order valence-electron chi connectivity index (χ3n) is 5.14. The molecule has 0 saturated heterocycles. The van der Waals surface area contributed by atoms with Crippen molar-refractivity contribution in [1.29, 1.82) is 0 Å². The number of hydrogen-bond donors (Lipinski definition) is 2. The Kier molecular flexibility index (Phi) is 5.81. The van der Waals surface area contributed by atoms with Gasteiger partial charge in [0.25, 0.3) is 5.56 Å². The van der Waals surface area contributed by atoms with Gasteiger partial charge in [-0.2, -0.15) is 0 Å². The Morgan fingerprint density at radius 2 is 1.85 bits per heavy atom. The second-order valence-electron chi connectivity index (χ2n) is 7.06. The number of aromatic nitrogens is 2. The number of halogens is 3. The molecule has 0 unspecified atom stereocenters. The van der Waals surface area contributed by atoms with Gasteiger partial charge in [-0.05, 0) is 42.7 Å². The van der Waals surface area contributed by atoms with Crippen LogP contribution >= 0.6 is 11.3 Å². The number of nitrogens with one attached hydrogen (secondary N) is 1. The Bertz CT molecular complexity index is 1520. The highest BCUT2D eigenvalue weighted by Crippen LogP contribution is 2.26. The molecule has 7 nitrogen and oxygen atoms in total. The minimum Gasteiger partial charge on any atom is -0.496 e. The molecule has 0 atom stereocenters. The van der Waals surface area contributed by atoms with Crippen LogP contribution < -0.4 is 16.0 Å². The molecule has 2 heterocycles. The van der Waals surface area contributed by atoms with Crippen LogP contribution in [0.3, 0.4) is 0 Å². The Hall–Kier alpha value is -3.86. The number of fused-ring (bicyclic) bond motifs is 1. The van der Waals surface area contributed by atoms with E-state index in [0.29, 0.717) is 10.1 Å². The smallest absolute Gasteiger partial charge is 0.346 e. The highest BCUT2D eigenvalue weighted by atomic mass is 32.1. The van der Waals surface area contributed by atoms with Crippen LogP contribution in [-0.2, 0) is 12.8 Å². The number of H-pyrrole nitrogens is 1. The fraction of sp³-hybridized carbons (Fsp3) is 0.136. The quantitative estimate of drug-likeness (QED) is 0.443. The number of rotatable bonds is 6. The summed E-state index contributed by atoms with van der Waals surface area (Å²) in [5.41, 5.74) is -1.88. The van der Waals surface area contributed by atoms with E-state index in [1.54, 1.807) is 0 Å². The normalized spacial score (nSPS) is 11.2. The molecule has 0 aliphatic rings. The summed E-state index contributed by atoms with van der Waals surface area (Å²) in [7, 11) is 1.32. The first kappa shape index (κ1) is 22.3. The predicted octanol–water partition coefficient (Wildman–Crippen LogP) is 3.65. The Morgan fingerprint density at radius 1 is 1.12 bits per heavy atom. The maximum Gasteiger partial charge on any atom is 0.346 e. The third-order valence-corrected chi connectivity index (χ3v) is 6.10. The molecule has 4 aromatic rings. The van der Waals surface area contributed by atoms with Crippen LogP contribution in [-0.4, -0.2) is 27.7 Å². The molecule has 0 saturated carbocycles. The van der Waals surface area contributed by atoms with Crippen LogP contribution in [0.15, 0.2) is 45.3 Å². The van der Waals surface area contributed by atoms with Crippen molar-refractivity contribution in [2.24, 2.45) is 0 Å². The molecule has 2 N–H and O–H groups in total. The van der Waals surface area contributed by atoms with Crippen LogP contribution in [0.2, 0.25) is 0 Å². The molecule has 4 rings (SSSR count). The monoisotopic (exact) mass is 476 g/mol. The zero-order valence-electron chi connectivity index (χ0n) is 16.9. The molecule has 0 fully saturated rings. The van der Waals surface area contributed by atoms with Gasteiger partial charge in [0.15, 0.2) is 11.6 Å². The third kappa shape index (κ3) is 3.91. The fourth-order valence-electron chi connectivity index (χ4n) is 3.57. The highest BCUT2D eigenvalue weighted by molar-refractivity contribution is 7.13. The van der Waals surface area contributed by atoms with E-state index in [4.69, 9.17) is 4.74 Å². The first-order valence-electron chi connectivity index (χ1n) is 9.52. The summed E-state index contributed by atoms with van der Waals surface area (Å²) in [5.74, 6) is -4.21. The van der Waals surface area contributed by atoms with Crippen molar-refractivity contribution in [3.05, 3.63) is 90.0 Å². The second-order valence-corrected chi connectivity index (χ2v) is 7.94. The minimum atomic E-state index is -1.36. The second kappa shape index (κ2) is 8.58. The van der Waals surface area contributed by atoms with Gasteiger partial charge >= 0.3 is 11.7 Å². The summed E-state index contributed by atoms with van der Waals surface area (Å²) in [5, 5.41) is 10.4. The van der Waals surface area contributed by atoms with Gasteiger partial charge in [-0.1, -0.05) is 6.07 Å². The number of ether oxygens (including phenoxy) is 1. The van der Waals surface area contributed by atoms with Crippen molar-refractivity contribution >= 4 is 28.2 Å². The first-order valence-corrected chi connectivity index (χ1v) is 10.4. The van der Waals surface area contributed by atoms with Gasteiger partial charge in [-0.25, -0.2) is 27.3 Å². The number of nitrogens with zero attached hydrogens (tertiary/aromatic N) is 1. The molecule has 0 amide bonds. The highest BCUT2D eigenvalue weighted by Gasteiger charge is 2.21. The van der Waals surface area contributed by atoms with Gasteiger partial charge in [0.2, 0.25) is 0 Å². The lowest BCUT2D eigenvalue weighted by Gasteiger charge is -2.12. The van der Waals surface area contributed by atoms with E-state index in [2.05, 4.69) is 4.98 Å². The Labute approximate surface area is 187 Å². The summed E-state index contributed by atoms with van der Waals surface area (Å²) in [6.45, 7) is 0. The number of aryl methyl sites for hydroxylation is 1. The number of carbonyl (C=O) groups is 1. The molecule has 170 valence electrons. The maximum absolute atomic E-state index is 14.6. The summed E-state index contributed by atoms with van der Waals surface area (Å²) in [6.07, 6.45) is 0.105. The van der Waals surface area contributed by atoms with E-state index < -0.39 is 40.4 Å². The van der Waals surface area contributed by atoms with Gasteiger partial charge in [-0.3, -0.25) is 4.79 Å². The summed E-state index contributed by atoms with van der Waals surface area (Å²) < 4.78 is 48.1. The zero-order chi connectivity index (χ0) is 23.9. The van der Waals surface area contributed by atoms with Crippen molar-refractivity contribution in [2.45, 2.75) is 12.8 Å². The van der Waals surface area contributed by atoms with E-state index in [9.17, 15) is 32.7 Å². The number of methoxy groups -OCH3 is 1. The van der Waals surface area contributed by atoms with E-state index in [1.165, 1.54) is 30.7 Å². The Morgan fingerprint density at radius 3 is 2.55 bits per heavy atom. The van der Waals surface area contributed by atoms with Gasteiger partial charge in [0.05, 0.1) is 23.7 Å². The van der Waals surface area contributed by atoms with Crippen molar-refractivity contribution < 1.29 is 27.8 Å². The summed E-state index contributed by atoms with van der Waals surface area (Å²) >= 11 is 0.762. The molecule has 0 radical (unpaired) electrons. The fourth-order valence-corrected chi connectivity index (χ4v) is 4.40. The van der Waals surface area contributed by atoms with Gasteiger partial charge in [0.1, 0.15) is 16.4 Å². The molecular formula is C22H15F3N2O5S. The van der Waals surface area contributed by atoms with E-state index in [-0.39, 0.29) is 39.9 Å². The van der Waals surface area contributed by atoms with Crippen molar-refractivity contribution in [2.75, 3.05) is 7.11 Å². The average molecular weight is 476 g/mol. The molecule has 11 heteroatoms. The number of benzene rings is 2. The van der Waals surface area contributed by atoms with Gasteiger partial charge < -0.3 is 14.8 Å². The molecule has 2 aromatic carbocycles. The van der Waals surface area contributed by atoms with Crippen LogP contribution in [0.25, 0.3) is 16.6 Å². The number of thiophene rings is 1. The lowest BCUT2D eigenvalue weighted by atomic mass is 10.0. The summed E-state index contributed by atoms with van der Waals surface area (Å²) in [4.78, 5) is 39.0. The Balaban J connectivity index is 1.78. The minimum absolute atomic E-state index is 0.00414. The standard InChI is InChI=1S/C22H15F3N2O5S/c1-32-16-7-6-13(24)18(25)11(16)4-2-10-3-5-12(23)15(8-10)27-20(28)17-14(26-22(27)31)9-33-19(17)21(29)30/h3,5-9H,2,4H2,1H3,(H,26,31)(H,29,30). The van der Waals surface area contributed by atoms with Gasteiger partial charge in [0, 0.05) is 10.9 Å². The predicted molar refractivity (Wildman–Crippen MR) is 115 cm³/mol. The van der Waals surface area contributed by atoms with Crippen LogP contribution in [0.1, 0.15) is 20.8 Å². The number of hydrogen-bond acceptors (Lipinski definition) is 5. The number of carboxylic acid groups (broad SMARTS) is 1. The molecule has 0 aliphatic carbocycles. The number of aromatic carboxylic acids is 1. The lowest BCUT2D eigenvalue weighted by Crippen LogP contribution is -2.34. The number of carboxylic acids is 1. The van der Waals surface area contributed by atoms with Gasteiger partial charge in [-0.15, -0.1) is 11.3 Å². The SMILES string of the molecule is COc1ccc(F)c(F)c1CCc1ccc(F)c(-n2c(=O)[nH]c3csc(C(=O)O)c3c2=O)c1. The number of aromatic amines is 1. The molecule has 33 heavy (non-hydrogen) atoms. The molecule has 2 aromatic heterocycles. The molecular weight excluding hydrogens is 461 g/mol. The van der Waals surface area contributed by atoms with Crippen molar-refractivity contribution in [1.82, 2.24) is 9.55 Å². The summed E-state index contributed by atoms with van der Waals surface area (Å²) in [6, 6.07) is 5.88. The molecule has 0 aliphatic heterocycles. The van der Waals surface area contributed by atoms with E-state index in [1.807, 2.05) is 0 Å². The molecule has 0 spiro atoms. The topological polar surface area (TPSA) is 101 Å². The van der Waals surface area contributed by atoms with Crippen LogP contribution in [0.5, 0.6) is 5.75 Å². The van der Waals surface area contributed by atoms with Crippen molar-refractivity contribution in [3.8, 4) is 11.4 Å². The van der Waals surface area contributed by atoms with E-state index >= 15 is 0 Å². The lowest BCUT2D eigenvalue weighted by molar-refractivity contribution is 0.0704. The largest absolute Gasteiger partial charge is 0.496 e. The van der Waals surface area contributed by atoms with Crippen molar-refractivity contribution in [3.63, 3.8) is 0 Å². The van der Waals surface area contributed by atoms with E-state index in [0.717, 1.165) is 23.5 Å².